The molecule has 1 saturated carbocycles. The Balaban J connectivity index is 1.96. The fraction of sp³-hybridized carbons (Fsp3) is 0.667. The second-order valence-electron chi connectivity index (χ2n) is 8.26. The molecule has 2 aliphatic rings. The van der Waals surface area contributed by atoms with Crippen LogP contribution in [0.3, 0.4) is 0 Å². The quantitative estimate of drug-likeness (QED) is 0.634. The van der Waals surface area contributed by atoms with Crippen molar-refractivity contribution < 1.29 is 35.9 Å². The molecule has 1 aliphatic heterocycles. The summed E-state index contributed by atoms with van der Waals surface area (Å²) in [6.07, 6.45) is -4.95. The lowest BCUT2D eigenvalue weighted by atomic mass is 9.88. The number of benzene rings is 1. The molecule has 4 nitrogen and oxygen atoms in total. The van der Waals surface area contributed by atoms with E-state index in [-0.39, 0.29) is 18.2 Å². The number of nitrogens with zero attached hydrogens (tertiary/aromatic N) is 1. The number of hydrogen-bond donors (Lipinski definition) is 1. The average Bonchev–Trinajstić information content (AvgIpc) is 3.11. The summed E-state index contributed by atoms with van der Waals surface area (Å²) in [5.74, 6) is -1.82. The molecular weight excluding hydrogens is 426 g/mol. The van der Waals surface area contributed by atoms with Crippen LogP contribution in [0.2, 0.25) is 0 Å². The fourth-order valence-corrected chi connectivity index (χ4v) is 4.76. The zero-order valence-corrected chi connectivity index (χ0v) is 17.4. The number of methoxy groups -OCH3 is 1. The van der Waals surface area contributed by atoms with Crippen LogP contribution in [0.4, 0.5) is 26.3 Å². The third-order valence-electron chi connectivity index (χ3n) is 6.26. The molecule has 0 aromatic heterocycles. The van der Waals surface area contributed by atoms with Crippen LogP contribution in [0.25, 0.3) is 0 Å². The van der Waals surface area contributed by atoms with Gasteiger partial charge in [-0.2, -0.15) is 26.3 Å². The van der Waals surface area contributed by atoms with Gasteiger partial charge in [0.25, 0.3) is 5.91 Å². The zero-order chi connectivity index (χ0) is 23.0. The fourth-order valence-electron chi connectivity index (χ4n) is 4.76. The van der Waals surface area contributed by atoms with E-state index in [1.165, 1.54) is 0 Å². The number of hydrogen-bond acceptors (Lipinski definition) is 3. The Kier molecular flexibility index (Phi) is 6.78. The molecule has 31 heavy (non-hydrogen) atoms. The molecule has 0 bridgehead atoms. The van der Waals surface area contributed by atoms with Gasteiger partial charge < -0.3 is 10.1 Å². The molecule has 0 radical (unpaired) electrons. The lowest BCUT2D eigenvalue weighted by molar-refractivity contribution is -0.143. The monoisotopic (exact) mass is 452 g/mol. The summed E-state index contributed by atoms with van der Waals surface area (Å²) in [5, 5.41) is 2.69. The van der Waals surface area contributed by atoms with Gasteiger partial charge in [0, 0.05) is 18.1 Å². The first-order valence-corrected chi connectivity index (χ1v) is 10.4. The van der Waals surface area contributed by atoms with Crippen molar-refractivity contribution in [3.63, 3.8) is 0 Å². The van der Waals surface area contributed by atoms with E-state index in [1.807, 2.05) is 0 Å². The molecule has 174 valence electrons. The van der Waals surface area contributed by atoms with Gasteiger partial charge in [0.15, 0.2) is 0 Å². The van der Waals surface area contributed by atoms with Gasteiger partial charge in [-0.15, -0.1) is 0 Å². The third kappa shape index (κ3) is 5.10. The first-order valence-electron chi connectivity index (χ1n) is 10.4. The maximum atomic E-state index is 13.6. The second kappa shape index (κ2) is 8.88. The highest BCUT2D eigenvalue weighted by Crippen LogP contribution is 2.41. The van der Waals surface area contributed by atoms with Crippen molar-refractivity contribution in [1.29, 1.82) is 0 Å². The van der Waals surface area contributed by atoms with E-state index < -0.39 is 40.7 Å². The Bertz CT molecular complexity index is 808. The highest BCUT2D eigenvalue weighted by Gasteiger charge is 2.43. The van der Waals surface area contributed by atoms with Gasteiger partial charge in [-0.1, -0.05) is 12.8 Å². The maximum Gasteiger partial charge on any atom is 0.417 e. The number of halogens is 6. The Labute approximate surface area is 176 Å². The molecule has 1 amide bonds. The smallest absolute Gasteiger partial charge is 0.417 e. The van der Waals surface area contributed by atoms with Gasteiger partial charge in [0.2, 0.25) is 0 Å². The molecule has 1 aromatic rings. The molecule has 1 saturated heterocycles. The highest BCUT2D eigenvalue weighted by molar-refractivity contribution is 5.99. The molecule has 3 unspecified atom stereocenters. The van der Waals surface area contributed by atoms with Gasteiger partial charge >= 0.3 is 12.4 Å². The number of alkyl halides is 6. The standard InChI is InChI=1S/C21H26F6N2O2/c1-12-6-5-9-29(12)16-8-4-3-7-15(16)28-19(30)18-14(21(25,26)27)10-13(20(22,23)24)11-17(18)31-2/h10-12,15-16H,3-9H2,1-2H3,(H,28,30). The first kappa shape index (κ1) is 23.7. The van der Waals surface area contributed by atoms with E-state index in [4.69, 9.17) is 4.74 Å². The maximum absolute atomic E-state index is 13.6. The van der Waals surface area contributed by atoms with Gasteiger partial charge in [0.05, 0.1) is 23.8 Å². The molecule has 3 atom stereocenters. The Morgan fingerprint density at radius 3 is 2.26 bits per heavy atom. The second-order valence-corrected chi connectivity index (χ2v) is 8.26. The van der Waals surface area contributed by atoms with Crippen molar-refractivity contribution in [2.75, 3.05) is 13.7 Å². The number of carbonyl (C=O) groups is 1. The van der Waals surface area contributed by atoms with Crippen molar-refractivity contribution in [2.45, 2.75) is 75.9 Å². The van der Waals surface area contributed by atoms with Crippen LogP contribution in [0.5, 0.6) is 5.75 Å². The molecule has 1 aliphatic carbocycles. The van der Waals surface area contributed by atoms with Gasteiger partial charge in [-0.3, -0.25) is 9.69 Å². The molecule has 10 heteroatoms. The largest absolute Gasteiger partial charge is 0.496 e. The van der Waals surface area contributed by atoms with Crippen LogP contribution >= 0.6 is 0 Å². The van der Waals surface area contributed by atoms with E-state index in [9.17, 15) is 31.1 Å². The molecule has 1 aromatic carbocycles. The molecule has 1 heterocycles. The van der Waals surface area contributed by atoms with Crippen LogP contribution < -0.4 is 10.1 Å². The number of nitrogens with one attached hydrogen (secondary N) is 1. The van der Waals surface area contributed by atoms with E-state index in [2.05, 4.69) is 17.1 Å². The number of rotatable bonds is 4. The minimum atomic E-state index is -5.16. The van der Waals surface area contributed by atoms with Crippen LogP contribution in [-0.4, -0.2) is 42.6 Å². The molecular formula is C21H26F6N2O2. The topological polar surface area (TPSA) is 41.6 Å². The number of amides is 1. The summed E-state index contributed by atoms with van der Waals surface area (Å²) < 4.78 is 85.0. The zero-order valence-electron chi connectivity index (χ0n) is 17.4. The normalized spacial score (nSPS) is 25.5. The predicted molar refractivity (Wildman–Crippen MR) is 102 cm³/mol. The lowest BCUT2D eigenvalue weighted by Crippen LogP contribution is -2.54. The molecule has 3 rings (SSSR count). The van der Waals surface area contributed by atoms with E-state index in [0.717, 1.165) is 45.8 Å². The summed E-state index contributed by atoms with van der Waals surface area (Å²) in [7, 11) is 0.946. The minimum Gasteiger partial charge on any atom is -0.496 e. The first-order chi connectivity index (χ1) is 14.4. The summed E-state index contributed by atoms with van der Waals surface area (Å²) in [6.45, 7) is 2.94. The Morgan fingerprint density at radius 1 is 1.03 bits per heavy atom. The molecule has 2 fully saturated rings. The van der Waals surface area contributed by atoms with Gasteiger partial charge in [-0.25, -0.2) is 0 Å². The van der Waals surface area contributed by atoms with E-state index in [1.54, 1.807) is 0 Å². The summed E-state index contributed by atoms with van der Waals surface area (Å²) in [4.78, 5) is 15.2. The summed E-state index contributed by atoms with van der Waals surface area (Å²) in [6, 6.07) is 0.331. The molecule has 1 N–H and O–H groups in total. The van der Waals surface area contributed by atoms with E-state index in [0.29, 0.717) is 18.5 Å². The van der Waals surface area contributed by atoms with Crippen molar-refractivity contribution in [2.24, 2.45) is 0 Å². The Hall–Kier alpha value is -1.97. The van der Waals surface area contributed by atoms with Crippen LogP contribution in [-0.2, 0) is 12.4 Å². The van der Waals surface area contributed by atoms with E-state index >= 15 is 0 Å². The van der Waals surface area contributed by atoms with Crippen LogP contribution in [0.1, 0.15) is 66.9 Å². The predicted octanol–water partition coefficient (Wildman–Crippen LogP) is 5.26. The van der Waals surface area contributed by atoms with Gasteiger partial charge in [-0.05, 0) is 51.3 Å². The number of likely N-dealkylation sites (tertiary alicyclic amines) is 1. The van der Waals surface area contributed by atoms with Crippen LogP contribution in [0, 0.1) is 0 Å². The summed E-state index contributed by atoms with van der Waals surface area (Å²) >= 11 is 0. The summed E-state index contributed by atoms with van der Waals surface area (Å²) in [5.41, 5.74) is -4.09. The SMILES string of the molecule is COc1cc(C(F)(F)F)cc(C(F)(F)F)c1C(=O)NC1CCCCC1N1CCCC1C. The van der Waals surface area contributed by atoms with Crippen molar-refractivity contribution >= 4 is 5.91 Å². The Morgan fingerprint density at radius 2 is 1.71 bits per heavy atom. The van der Waals surface area contributed by atoms with Gasteiger partial charge in [0.1, 0.15) is 5.75 Å². The van der Waals surface area contributed by atoms with Crippen molar-refractivity contribution in [3.05, 3.63) is 28.8 Å². The molecule has 0 spiro atoms. The number of carbonyl (C=O) groups excluding carboxylic acids is 1. The minimum absolute atomic E-state index is 0.00928. The third-order valence-corrected chi connectivity index (χ3v) is 6.26. The number of ether oxygens (including phenoxy) is 1. The lowest BCUT2D eigenvalue weighted by Gasteiger charge is -2.40. The average molecular weight is 452 g/mol. The van der Waals surface area contributed by atoms with Crippen molar-refractivity contribution in [1.82, 2.24) is 10.2 Å². The van der Waals surface area contributed by atoms with Crippen molar-refractivity contribution in [3.8, 4) is 5.75 Å². The highest BCUT2D eigenvalue weighted by atomic mass is 19.4. The van der Waals surface area contributed by atoms with Crippen LogP contribution in [0.15, 0.2) is 12.1 Å².